The molecule has 1 N–H and O–H groups in total. The van der Waals surface area contributed by atoms with Gasteiger partial charge in [0.25, 0.3) is 5.91 Å². The molecule has 0 heterocycles. The monoisotopic (exact) mass is 386 g/mol. The molecule has 0 bridgehead atoms. The highest BCUT2D eigenvalue weighted by atomic mass is 16.6. The van der Waals surface area contributed by atoms with E-state index in [2.05, 4.69) is 5.16 Å². The molecular formula is C22H30N2O4. The number of nitrogens with zero attached hydrogens (tertiary/aromatic N) is 2. The van der Waals surface area contributed by atoms with E-state index in [1.54, 1.807) is 24.1 Å². The lowest BCUT2D eigenvalue weighted by Gasteiger charge is -2.24. The van der Waals surface area contributed by atoms with Gasteiger partial charge in [-0.25, -0.2) is 0 Å². The molecule has 0 fully saturated rings. The van der Waals surface area contributed by atoms with Crippen LogP contribution < -0.4 is 0 Å². The molecule has 0 saturated carbocycles. The van der Waals surface area contributed by atoms with Crippen molar-refractivity contribution in [1.29, 1.82) is 0 Å². The first-order valence-corrected chi connectivity index (χ1v) is 9.92. The summed E-state index contributed by atoms with van der Waals surface area (Å²) in [6, 6.07) is 7.33. The molecule has 1 atom stereocenters. The van der Waals surface area contributed by atoms with Crippen LogP contribution in [0.1, 0.15) is 68.3 Å². The molecule has 1 aliphatic carbocycles. The van der Waals surface area contributed by atoms with Crippen molar-refractivity contribution in [3.63, 3.8) is 0 Å². The van der Waals surface area contributed by atoms with E-state index in [0.29, 0.717) is 49.3 Å². The molecular weight excluding hydrogens is 356 g/mol. The summed E-state index contributed by atoms with van der Waals surface area (Å²) in [5.41, 5.74) is 2.34. The average Bonchev–Trinajstić information content (AvgIpc) is 2.69. The lowest BCUT2D eigenvalue weighted by atomic mass is 9.81. The van der Waals surface area contributed by atoms with Crippen molar-refractivity contribution in [3.05, 3.63) is 46.7 Å². The van der Waals surface area contributed by atoms with E-state index in [0.717, 1.165) is 12.0 Å². The van der Waals surface area contributed by atoms with Crippen LogP contribution in [-0.4, -0.2) is 47.6 Å². The Labute approximate surface area is 166 Å². The first kappa shape index (κ1) is 21.7. The Kier molecular flexibility index (Phi) is 7.79. The fraction of sp³-hybridized carbons (Fsp3) is 0.500. The number of aliphatic hydroxyl groups excluding tert-OH is 1. The molecule has 6 heteroatoms. The molecule has 0 aliphatic heterocycles. The van der Waals surface area contributed by atoms with Gasteiger partial charge in [0, 0.05) is 32.0 Å². The highest BCUT2D eigenvalue weighted by Gasteiger charge is 2.31. The Morgan fingerprint density at radius 3 is 2.43 bits per heavy atom. The predicted molar refractivity (Wildman–Crippen MR) is 110 cm³/mol. The van der Waals surface area contributed by atoms with Crippen LogP contribution in [0.25, 0.3) is 0 Å². The van der Waals surface area contributed by atoms with E-state index in [-0.39, 0.29) is 23.4 Å². The smallest absolute Gasteiger partial charge is 0.253 e. The molecule has 0 saturated heterocycles. The number of allylic oxidation sites excluding steroid dienone is 2. The summed E-state index contributed by atoms with van der Waals surface area (Å²) in [5.74, 6) is -0.196. The predicted octanol–water partition coefficient (Wildman–Crippen LogP) is 4.23. The Balaban J connectivity index is 2.18. The van der Waals surface area contributed by atoms with Crippen LogP contribution in [0.4, 0.5) is 0 Å². The molecule has 0 spiro atoms. The van der Waals surface area contributed by atoms with Crippen molar-refractivity contribution in [2.45, 2.75) is 52.4 Å². The SMILES string of the molecule is CCCN(C)C(=O)c1ccc(C2CC(=O)C(C(CC)=NOCC)=C(O)C2)cc1. The quantitative estimate of drug-likeness (QED) is 0.536. The third-order valence-corrected chi connectivity index (χ3v) is 4.90. The topological polar surface area (TPSA) is 79.2 Å². The van der Waals surface area contributed by atoms with Gasteiger partial charge in [0.15, 0.2) is 5.78 Å². The van der Waals surface area contributed by atoms with Crippen molar-refractivity contribution < 1.29 is 19.5 Å². The maximum Gasteiger partial charge on any atom is 0.253 e. The van der Waals surface area contributed by atoms with Crippen LogP contribution in [0.15, 0.2) is 40.8 Å². The molecule has 152 valence electrons. The normalized spacial score (nSPS) is 17.6. The zero-order chi connectivity index (χ0) is 20.7. The van der Waals surface area contributed by atoms with Gasteiger partial charge >= 0.3 is 0 Å². The van der Waals surface area contributed by atoms with Gasteiger partial charge in [-0.3, -0.25) is 9.59 Å². The molecule has 1 aliphatic rings. The number of hydrogen-bond donors (Lipinski definition) is 1. The fourth-order valence-electron chi connectivity index (χ4n) is 3.44. The number of rotatable bonds is 8. The summed E-state index contributed by atoms with van der Waals surface area (Å²) in [6.07, 6.45) is 2.09. The van der Waals surface area contributed by atoms with Crippen molar-refractivity contribution in [2.75, 3.05) is 20.2 Å². The second kappa shape index (κ2) is 10.1. The summed E-state index contributed by atoms with van der Waals surface area (Å²) >= 11 is 0. The van der Waals surface area contributed by atoms with E-state index in [9.17, 15) is 14.7 Å². The standard InChI is InChI=1S/C22H30N2O4/c1-5-12-24(4)22(27)16-10-8-15(9-11-16)17-13-19(25)21(20(26)14-17)18(6-2)23-28-7-3/h8-11,17,25H,5-7,12-14H2,1-4H3. The van der Waals surface area contributed by atoms with E-state index in [1.165, 1.54) is 0 Å². The van der Waals surface area contributed by atoms with E-state index < -0.39 is 0 Å². The maximum atomic E-state index is 12.7. The van der Waals surface area contributed by atoms with Crippen LogP contribution in [0, 0.1) is 0 Å². The number of benzene rings is 1. The number of carbonyl (C=O) groups is 2. The molecule has 2 rings (SSSR count). The third-order valence-electron chi connectivity index (χ3n) is 4.90. The number of oxime groups is 1. The lowest BCUT2D eigenvalue weighted by Crippen LogP contribution is -2.27. The van der Waals surface area contributed by atoms with Crippen LogP contribution in [-0.2, 0) is 9.63 Å². The highest BCUT2D eigenvalue weighted by molar-refractivity contribution is 6.23. The summed E-state index contributed by atoms with van der Waals surface area (Å²) in [6.45, 7) is 6.85. The van der Waals surface area contributed by atoms with Crippen LogP contribution in [0.2, 0.25) is 0 Å². The molecule has 6 nitrogen and oxygen atoms in total. The van der Waals surface area contributed by atoms with E-state index in [4.69, 9.17) is 4.84 Å². The number of amides is 1. The summed E-state index contributed by atoms with van der Waals surface area (Å²) in [5, 5.41) is 14.5. The van der Waals surface area contributed by atoms with Gasteiger partial charge in [-0.2, -0.15) is 0 Å². The number of carbonyl (C=O) groups excluding carboxylic acids is 2. The third kappa shape index (κ3) is 5.00. The van der Waals surface area contributed by atoms with E-state index >= 15 is 0 Å². The van der Waals surface area contributed by atoms with Gasteiger partial charge in [-0.15, -0.1) is 0 Å². The summed E-state index contributed by atoms with van der Waals surface area (Å²) in [4.78, 5) is 31.8. The van der Waals surface area contributed by atoms with Crippen molar-refractivity contribution in [3.8, 4) is 0 Å². The average molecular weight is 386 g/mol. The second-order valence-corrected chi connectivity index (χ2v) is 7.01. The van der Waals surface area contributed by atoms with Gasteiger partial charge < -0.3 is 14.8 Å². The van der Waals surface area contributed by atoms with Gasteiger partial charge in [0.05, 0.1) is 11.3 Å². The Bertz CT molecular complexity index is 765. The minimum absolute atomic E-state index is 0.0159. The van der Waals surface area contributed by atoms with Crippen molar-refractivity contribution in [2.24, 2.45) is 5.16 Å². The zero-order valence-electron chi connectivity index (χ0n) is 17.2. The molecule has 1 aromatic rings. The minimum Gasteiger partial charge on any atom is -0.511 e. The maximum absolute atomic E-state index is 12.7. The van der Waals surface area contributed by atoms with Crippen molar-refractivity contribution >= 4 is 17.4 Å². The van der Waals surface area contributed by atoms with Crippen molar-refractivity contribution in [1.82, 2.24) is 4.90 Å². The molecule has 1 aromatic carbocycles. The molecule has 0 aromatic heterocycles. The zero-order valence-corrected chi connectivity index (χ0v) is 17.2. The number of Topliss-reactive ketones (excluding diaryl/α,β-unsaturated/α-hetero) is 1. The number of ketones is 1. The van der Waals surface area contributed by atoms with Crippen LogP contribution >= 0.6 is 0 Å². The summed E-state index contributed by atoms with van der Waals surface area (Å²) in [7, 11) is 1.79. The Morgan fingerprint density at radius 1 is 1.21 bits per heavy atom. The Morgan fingerprint density at radius 2 is 1.89 bits per heavy atom. The first-order valence-electron chi connectivity index (χ1n) is 9.92. The lowest BCUT2D eigenvalue weighted by molar-refractivity contribution is -0.116. The minimum atomic E-state index is -0.128. The molecule has 1 unspecified atom stereocenters. The molecule has 0 radical (unpaired) electrons. The molecule has 28 heavy (non-hydrogen) atoms. The molecule has 1 amide bonds. The fourth-order valence-corrected chi connectivity index (χ4v) is 3.44. The van der Waals surface area contributed by atoms with Crippen LogP contribution in [0.5, 0.6) is 0 Å². The van der Waals surface area contributed by atoms with Gasteiger partial charge in [-0.05, 0) is 43.4 Å². The first-order chi connectivity index (χ1) is 13.4. The van der Waals surface area contributed by atoms with Crippen LogP contribution in [0.3, 0.4) is 0 Å². The van der Waals surface area contributed by atoms with Gasteiger partial charge in [0.1, 0.15) is 12.4 Å². The summed E-state index contributed by atoms with van der Waals surface area (Å²) < 4.78 is 0. The number of aliphatic hydroxyl groups is 1. The van der Waals surface area contributed by atoms with E-state index in [1.807, 2.05) is 32.9 Å². The largest absolute Gasteiger partial charge is 0.511 e. The highest BCUT2D eigenvalue weighted by Crippen LogP contribution is 2.34. The Hall–Kier alpha value is -2.63. The van der Waals surface area contributed by atoms with Gasteiger partial charge in [-0.1, -0.05) is 31.1 Å². The van der Waals surface area contributed by atoms with Gasteiger partial charge in [0.2, 0.25) is 0 Å². The number of hydrogen-bond acceptors (Lipinski definition) is 5. The second-order valence-electron chi connectivity index (χ2n) is 7.01.